The Bertz CT molecular complexity index is 211. The second kappa shape index (κ2) is 5.77. The van der Waals surface area contributed by atoms with Crippen molar-refractivity contribution in [3.63, 3.8) is 0 Å². The summed E-state index contributed by atoms with van der Waals surface area (Å²) in [4.78, 5) is 0. The Kier molecular flexibility index (Phi) is 4.60. The fraction of sp³-hybridized carbons (Fsp3) is 1.00. The third-order valence-electron chi connectivity index (χ3n) is 4.32. The van der Waals surface area contributed by atoms with Gasteiger partial charge >= 0.3 is 0 Å². The zero-order valence-corrected chi connectivity index (χ0v) is 11.7. The van der Waals surface area contributed by atoms with Crippen LogP contribution in [0.25, 0.3) is 0 Å². The van der Waals surface area contributed by atoms with Crippen LogP contribution in [-0.4, -0.2) is 23.1 Å². The van der Waals surface area contributed by atoms with Crippen LogP contribution in [0.5, 0.6) is 0 Å². The Morgan fingerprint density at radius 3 is 2.81 bits per heavy atom. The fourth-order valence-electron chi connectivity index (χ4n) is 3.03. The molecule has 3 unspecified atom stereocenters. The molecule has 94 valence electrons. The Morgan fingerprint density at radius 2 is 2.06 bits per heavy atom. The predicted octanol–water partition coefficient (Wildman–Crippen LogP) is 3.83. The van der Waals surface area contributed by atoms with Gasteiger partial charge in [0, 0.05) is 17.3 Å². The summed E-state index contributed by atoms with van der Waals surface area (Å²) < 4.78 is 0.540. The van der Waals surface area contributed by atoms with E-state index in [4.69, 9.17) is 0 Å². The van der Waals surface area contributed by atoms with Crippen LogP contribution >= 0.6 is 11.8 Å². The summed E-state index contributed by atoms with van der Waals surface area (Å²) in [5.41, 5.74) is 0. The summed E-state index contributed by atoms with van der Waals surface area (Å²) in [5.74, 6) is 2.34. The molecule has 0 aromatic heterocycles. The maximum atomic E-state index is 3.84. The second-order valence-corrected chi connectivity index (χ2v) is 7.78. The van der Waals surface area contributed by atoms with Crippen LogP contribution in [0, 0.1) is 5.92 Å². The molecule has 0 amide bonds. The highest BCUT2D eigenvalue weighted by Crippen LogP contribution is 2.37. The normalized spacial score (nSPS) is 40.9. The predicted molar refractivity (Wildman–Crippen MR) is 74.1 cm³/mol. The maximum absolute atomic E-state index is 3.84. The van der Waals surface area contributed by atoms with E-state index < -0.39 is 0 Å². The molecule has 1 saturated heterocycles. The Morgan fingerprint density at radius 1 is 1.19 bits per heavy atom. The van der Waals surface area contributed by atoms with Crippen molar-refractivity contribution in [2.75, 3.05) is 12.3 Å². The largest absolute Gasteiger partial charge is 0.313 e. The van der Waals surface area contributed by atoms with Crippen molar-refractivity contribution in [3.8, 4) is 0 Å². The highest BCUT2D eigenvalue weighted by molar-refractivity contribution is 8.00. The van der Waals surface area contributed by atoms with Crippen LogP contribution in [0.15, 0.2) is 0 Å². The monoisotopic (exact) mass is 241 g/mol. The Hall–Kier alpha value is 0.310. The summed E-state index contributed by atoms with van der Waals surface area (Å²) >= 11 is 2.18. The summed E-state index contributed by atoms with van der Waals surface area (Å²) in [6, 6.07) is 0.808. The van der Waals surface area contributed by atoms with Crippen LogP contribution in [0.4, 0.5) is 0 Å². The standard InChI is InChI=1S/C14H27NS/c1-12-5-3-6-13(8-7-12)15-11-14(2)9-4-10-16-14/h12-13,15H,3-11H2,1-2H3. The van der Waals surface area contributed by atoms with E-state index in [1.165, 1.54) is 57.2 Å². The van der Waals surface area contributed by atoms with Gasteiger partial charge in [0.15, 0.2) is 0 Å². The summed E-state index contributed by atoms with van der Waals surface area (Å²) in [6.07, 6.45) is 9.96. The highest BCUT2D eigenvalue weighted by atomic mass is 32.2. The molecule has 1 saturated carbocycles. The minimum atomic E-state index is 0.540. The summed E-state index contributed by atoms with van der Waals surface area (Å²) in [7, 11) is 0. The first-order valence-corrected chi connectivity index (χ1v) is 8.04. The van der Waals surface area contributed by atoms with Gasteiger partial charge in [-0.2, -0.15) is 11.8 Å². The number of hydrogen-bond acceptors (Lipinski definition) is 2. The van der Waals surface area contributed by atoms with E-state index >= 15 is 0 Å². The molecule has 2 fully saturated rings. The van der Waals surface area contributed by atoms with E-state index in [1.807, 2.05) is 0 Å². The van der Waals surface area contributed by atoms with E-state index in [0.717, 1.165) is 12.0 Å². The number of nitrogens with one attached hydrogen (secondary N) is 1. The van der Waals surface area contributed by atoms with Crippen molar-refractivity contribution in [2.45, 2.75) is 69.6 Å². The number of rotatable bonds is 3. The fourth-order valence-corrected chi connectivity index (χ4v) is 4.28. The number of hydrogen-bond donors (Lipinski definition) is 1. The average molecular weight is 241 g/mol. The molecule has 1 aliphatic heterocycles. The van der Waals surface area contributed by atoms with Gasteiger partial charge in [-0.3, -0.25) is 0 Å². The molecule has 0 bridgehead atoms. The van der Waals surface area contributed by atoms with Gasteiger partial charge in [-0.25, -0.2) is 0 Å². The van der Waals surface area contributed by atoms with Gasteiger partial charge in [-0.15, -0.1) is 0 Å². The van der Waals surface area contributed by atoms with Crippen molar-refractivity contribution in [1.82, 2.24) is 5.32 Å². The van der Waals surface area contributed by atoms with Gasteiger partial charge in [0.2, 0.25) is 0 Å². The lowest BCUT2D eigenvalue weighted by molar-refractivity contribution is 0.419. The van der Waals surface area contributed by atoms with E-state index in [2.05, 4.69) is 30.9 Å². The molecular formula is C14H27NS. The molecule has 2 rings (SSSR count). The molecule has 2 aliphatic rings. The lowest BCUT2D eigenvalue weighted by Gasteiger charge is -2.26. The molecule has 0 spiro atoms. The van der Waals surface area contributed by atoms with Gasteiger partial charge in [0.05, 0.1) is 0 Å². The van der Waals surface area contributed by atoms with Crippen molar-refractivity contribution in [1.29, 1.82) is 0 Å². The minimum absolute atomic E-state index is 0.540. The first-order chi connectivity index (χ1) is 7.68. The summed E-state index contributed by atoms with van der Waals surface area (Å²) in [6.45, 7) is 6.09. The van der Waals surface area contributed by atoms with Crippen molar-refractivity contribution >= 4 is 11.8 Å². The third kappa shape index (κ3) is 3.66. The van der Waals surface area contributed by atoms with Crippen LogP contribution in [0.1, 0.15) is 58.8 Å². The first-order valence-electron chi connectivity index (χ1n) is 7.05. The van der Waals surface area contributed by atoms with E-state index in [0.29, 0.717) is 4.75 Å². The number of thioether (sulfide) groups is 1. The molecule has 0 aromatic carbocycles. The molecule has 1 heterocycles. The molecule has 3 atom stereocenters. The van der Waals surface area contributed by atoms with Crippen LogP contribution in [-0.2, 0) is 0 Å². The van der Waals surface area contributed by atoms with Gasteiger partial charge in [0.25, 0.3) is 0 Å². The smallest absolute Gasteiger partial charge is 0.0256 e. The van der Waals surface area contributed by atoms with E-state index in [9.17, 15) is 0 Å². The average Bonchev–Trinajstić information content (AvgIpc) is 2.58. The Labute approximate surface area is 105 Å². The van der Waals surface area contributed by atoms with E-state index in [-0.39, 0.29) is 0 Å². The molecular weight excluding hydrogens is 214 g/mol. The Balaban J connectivity index is 1.72. The summed E-state index contributed by atoms with van der Waals surface area (Å²) in [5, 5.41) is 3.84. The minimum Gasteiger partial charge on any atom is -0.313 e. The molecule has 1 nitrogen and oxygen atoms in total. The van der Waals surface area contributed by atoms with Crippen LogP contribution in [0.3, 0.4) is 0 Å². The van der Waals surface area contributed by atoms with E-state index in [1.54, 1.807) is 0 Å². The zero-order valence-electron chi connectivity index (χ0n) is 10.9. The SMILES string of the molecule is CC1CCCC(NCC2(C)CCCS2)CC1. The third-order valence-corrected chi connectivity index (χ3v) is 5.86. The lowest BCUT2D eigenvalue weighted by Crippen LogP contribution is -2.39. The second-order valence-electron chi connectivity index (χ2n) is 6.09. The van der Waals surface area contributed by atoms with Crippen molar-refractivity contribution in [2.24, 2.45) is 5.92 Å². The molecule has 16 heavy (non-hydrogen) atoms. The topological polar surface area (TPSA) is 12.0 Å². The zero-order chi connectivity index (χ0) is 11.4. The molecule has 0 radical (unpaired) electrons. The first kappa shape index (κ1) is 12.8. The van der Waals surface area contributed by atoms with Crippen LogP contribution < -0.4 is 5.32 Å². The molecule has 1 N–H and O–H groups in total. The molecule has 0 aromatic rings. The molecule has 1 aliphatic carbocycles. The molecule has 2 heteroatoms. The highest BCUT2D eigenvalue weighted by Gasteiger charge is 2.30. The van der Waals surface area contributed by atoms with Gasteiger partial charge in [-0.05, 0) is 50.7 Å². The van der Waals surface area contributed by atoms with Crippen molar-refractivity contribution in [3.05, 3.63) is 0 Å². The van der Waals surface area contributed by atoms with Crippen molar-refractivity contribution < 1.29 is 0 Å². The van der Waals surface area contributed by atoms with Gasteiger partial charge in [0.1, 0.15) is 0 Å². The maximum Gasteiger partial charge on any atom is 0.0256 e. The lowest BCUT2D eigenvalue weighted by atomic mass is 10.0. The van der Waals surface area contributed by atoms with Gasteiger partial charge < -0.3 is 5.32 Å². The van der Waals surface area contributed by atoms with Crippen LogP contribution in [0.2, 0.25) is 0 Å². The quantitative estimate of drug-likeness (QED) is 0.754. The van der Waals surface area contributed by atoms with Gasteiger partial charge in [-0.1, -0.05) is 19.8 Å².